The highest BCUT2D eigenvalue weighted by Crippen LogP contribution is 2.44. The van der Waals surface area contributed by atoms with Crippen LogP contribution in [0, 0.1) is 39.5 Å². The average Bonchev–Trinajstić information content (AvgIpc) is 2.78. The largest absolute Gasteiger partial charge is 0.274 e. The number of aryl methyl sites for hydroxylation is 2. The van der Waals surface area contributed by atoms with Gasteiger partial charge in [-0.2, -0.15) is 0 Å². The fraction of sp³-hybridized carbons (Fsp3) is 0.304. The third-order valence-corrected chi connectivity index (χ3v) is 6.53. The van der Waals surface area contributed by atoms with Crippen molar-refractivity contribution in [3.05, 3.63) is 67.8 Å². The van der Waals surface area contributed by atoms with Crippen LogP contribution < -0.4 is 9.80 Å². The van der Waals surface area contributed by atoms with Crippen molar-refractivity contribution >= 4 is 46.4 Å². The maximum absolute atomic E-state index is 13.7. The molecular weight excluding hydrogens is 460 g/mol. The Morgan fingerprint density at radius 2 is 1.09 bits per heavy atom. The van der Waals surface area contributed by atoms with E-state index in [0.29, 0.717) is 0 Å². The fourth-order valence-electron chi connectivity index (χ4n) is 4.65. The molecular formula is C23H20N4O8. The molecule has 0 aliphatic carbocycles. The summed E-state index contributed by atoms with van der Waals surface area (Å²) in [5.41, 5.74) is -1.37. The first kappa shape index (κ1) is 23.7. The van der Waals surface area contributed by atoms with Crippen molar-refractivity contribution < 1.29 is 29.0 Å². The predicted octanol–water partition coefficient (Wildman–Crippen LogP) is 3.11. The summed E-state index contributed by atoms with van der Waals surface area (Å²) < 4.78 is 0. The first-order chi connectivity index (χ1) is 16.5. The van der Waals surface area contributed by atoms with E-state index in [1.165, 1.54) is 50.2 Å². The van der Waals surface area contributed by atoms with E-state index in [1.807, 2.05) is 0 Å². The molecule has 12 nitrogen and oxygen atoms in total. The zero-order valence-electron chi connectivity index (χ0n) is 18.8. The third-order valence-electron chi connectivity index (χ3n) is 6.53. The van der Waals surface area contributed by atoms with E-state index in [0.717, 1.165) is 9.80 Å². The zero-order valence-corrected chi connectivity index (χ0v) is 18.8. The number of hydrogen-bond donors (Lipinski definition) is 0. The number of piperidine rings is 2. The molecule has 2 aliphatic heterocycles. The van der Waals surface area contributed by atoms with Crippen LogP contribution >= 0.6 is 0 Å². The van der Waals surface area contributed by atoms with Gasteiger partial charge in [-0.3, -0.25) is 39.4 Å². The summed E-state index contributed by atoms with van der Waals surface area (Å²) in [5.74, 6) is -2.72. The lowest BCUT2D eigenvalue weighted by Gasteiger charge is -2.44. The second kappa shape index (κ2) is 8.38. The molecule has 2 aromatic carbocycles. The van der Waals surface area contributed by atoms with Crippen LogP contribution in [-0.4, -0.2) is 33.5 Å². The number of benzene rings is 2. The van der Waals surface area contributed by atoms with Crippen LogP contribution in [0.4, 0.5) is 22.7 Å². The fourth-order valence-corrected chi connectivity index (χ4v) is 4.65. The zero-order chi connectivity index (χ0) is 25.7. The van der Waals surface area contributed by atoms with Gasteiger partial charge in [0, 0.05) is 36.1 Å². The Bertz CT molecular complexity index is 1230. The number of anilines is 2. The van der Waals surface area contributed by atoms with Gasteiger partial charge in [-0.25, -0.2) is 9.80 Å². The number of carbonyl (C=O) groups is 4. The number of hydrogen-bond acceptors (Lipinski definition) is 8. The van der Waals surface area contributed by atoms with Gasteiger partial charge in [-0.1, -0.05) is 0 Å². The van der Waals surface area contributed by atoms with Crippen LogP contribution in [0.15, 0.2) is 36.4 Å². The van der Waals surface area contributed by atoms with Crippen molar-refractivity contribution in [2.24, 2.45) is 5.41 Å². The van der Waals surface area contributed by atoms with Gasteiger partial charge in [-0.15, -0.1) is 0 Å². The van der Waals surface area contributed by atoms with E-state index in [4.69, 9.17) is 0 Å². The number of carbonyl (C=O) groups excluding carboxylic acids is 4. The average molecular weight is 480 g/mol. The maximum Gasteiger partial charge on any atom is 0.272 e. The highest BCUT2D eigenvalue weighted by Gasteiger charge is 2.57. The van der Waals surface area contributed by atoms with Gasteiger partial charge in [-0.05, 0) is 51.0 Å². The molecule has 2 heterocycles. The van der Waals surface area contributed by atoms with E-state index in [1.54, 1.807) is 0 Å². The monoisotopic (exact) mass is 480 g/mol. The second-order valence-electron chi connectivity index (χ2n) is 8.61. The van der Waals surface area contributed by atoms with Gasteiger partial charge in [0.25, 0.3) is 11.4 Å². The van der Waals surface area contributed by atoms with Crippen molar-refractivity contribution in [3.63, 3.8) is 0 Å². The van der Waals surface area contributed by atoms with E-state index in [-0.39, 0.29) is 59.6 Å². The van der Waals surface area contributed by atoms with Crippen molar-refractivity contribution in [2.75, 3.05) is 9.80 Å². The molecule has 0 unspecified atom stereocenters. The van der Waals surface area contributed by atoms with Crippen LogP contribution in [-0.2, 0) is 19.2 Å². The first-order valence-corrected chi connectivity index (χ1v) is 10.7. The molecule has 4 amide bonds. The Morgan fingerprint density at radius 1 is 0.714 bits per heavy atom. The normalized spacial score (nSPS) is 17.8. The molecule has 1 spiro atoms. The van der Waals surface area contributed by atoms with Crippen LogP contribution in [0.2, 0.25) is 0 Å². The smallest absolute Gasteiger partial charge is 0.272 e. The molecule has 0 atom stereocenters. The SMILES string of the molecule is Cc1cc(N2C(=O)CCC3(CCC(=O)N(c4ccc([N+](=O)[O-])c(C)c4)C3=O)C2=O)ccc1[N+](=O)[O-]. The number of rotatable bonds is 4. The Labute approximate surface area is 198 Å². The lowest BCUT2D eigenvalue weighted by atomic mass is 9.71. The summed E-state index contributed by atoms with van der Waals surface area (Å²) in [5, 5.41) is 22.3. The van der Waals surface area contributed by atoms with Gasteiger partial charge < -0.3 is 0 Å². The van der Waals surface area contributed by atoms with E-state index < -0.39 is 38.9 Å². The summed E-state index contributed by atoms with van der Waals surface area (Å²) in [6.45, 7) is 2.94. The van der Waals surface area contributed by atoms with Gasteiger partial charge in [0.05, 0.1) is 21.2 Å². The summed E-state index contributed by atoms with van der Waals surface area (Å²) in [7, 11) is 0. The summed E-state index contributed by atoms with van der Waals surface area (Å²) in [4.78, 5) is 75.7. The number of nitrogens with zero attached hydrogens (tertiary/aromatic N) is 4. The molecule has 2 aliphatic rings. The molecule has 4 rings (SSSR count). The van der Waals surface area contributed by atoms with Crippen molar-refractivity contribution in [1.29, 1.82) is 0 Å². The Morgan fingerprint density at radius 3 is 1.40 bits per heavy atom. The Balaban J connectivity index is 1.74. The summed E-state index contributed by atoms with van der Waals surface area (Å²) in [6.07, 6.45) is -0.479. The lowest BCUT2D eigenvalue weighted by molar-refractivity contribution is -0.385. The number of amides is 4. The quantitative estimate of drug-likeness (QED) is 0.279. The second-order valence-corrected chi connectivity index (χ2v) is 8.61. The first-order valence-electron chi connectivity index (χ1n) is 10.7. The minimum absolute atomic E-state index is 0.0955. The molecule has 0 bridgehead atoms. The minimum atomic E-state index is -1.69. The standard InChI is InChI=1S/C23H20N4O8/c1-13-11-15(3-5-17(13)26(32)33)24-19(28)7-9-23(21(24)30)10-8-20(29)25(22(23)31)16-4-6-18(27(34)35)14(2)12-16/h3-6,11-12H,7-10H2,1-2H3. The predicted molar refractivity (Wildman–Crippen MR) is 122 cm³/mol. The summed E-state index contributed by atoms with van der Waals surface area (Å²) in [6, 6.07) is 7.59. The van der Waals surface area contributed by atoms with Gasteiger partial charge in [0.15, 0.2) is 0 Å². The Hall–Kier alpha value is -4.48. The van der Waals surface area contributed by atoms with Crippen molar-refractivity contribution in [3.8, 4) is 0 Å². The number of nitro groups is 2. The van der Waals surface area contributed by atoms with Gasteiger partial charge in [0.1, 0.15) is 5.41 Å². The molecule has 2 fully saturated rings. The lowest BCUT2D eigenvalue weighted by Crippen LogP contribution is -2.62. The van der Waals surface area contributed by atoms with Gasteiger partial charge >= 0.3 is 0 Å². The van der Waals surface area contributed by atoms with E-state index in [9.17, 15) is 39.4 Å². The highest BCUT2D eigenvalue weighted by molar-refractivity contribution is 6.31. The third kappa shape index (κ3) is 3.72. The van der Waals surface area contributed by atoms with Crippen LogP contribution in [0.25, 0.3) is 0 Å². The van der Waals surface area contributed by atoms with Crippen LogP contribution in [0.5, 0.6) is 0 Å². The van der Waals surface area contributed by atoms with E-state index in [2.05, 4.69) is 0 Å². The van der Waals surface area contributed by atoms with Crippen LogP contribution in [0.3, 0.4) is 0 Å². The maximum atomic E-state index is 13.7. The van der Waals surface area contributed by atoms with E-state index >= 15 is 0 Å². The molecule has 0 radical (unpaired) electrons. The molecule has 2 saturated heterocycles. The molecule has 35 heavy (non-hydrogen) atoms. The molecule has 0 saturated carbocycles. The number of imide groups is 2. The summed E-state index contributed by atoms with van der Waals surface area (Å²) >= 11 is 0. The Kier molecular flexibility index (Phi) is 5.67. The minimum Gasteiger partial charge on any atom is -0.274 e. The van der Waals surface area contributed by atoms with Crippen molar-refractivity contribution in [1.82, 2.24) is 0 Å². The van der Waals surface area contributed by atoms with Crippen molar-refractivity contribution in [2.45, 2.75) is 39.5 Å². The van der Waals surface area contributed by atoms with Crippen LogP contribution in [0.1, 0.15) is 36.8 Å². The molecule has 2 aromatic rings. The topological polar surface area (TPSA) is 161 Å². The highest BCUT2D eigenvalue weighted by atomic mass is 16.6. The molecule has 180 valence electrons. The molecule has 0 N–H and O–H groups in total. The van der Waals surface area contributed by atoms with Gasteiger partial charge in [0.2, 0.25) is 23.6 Å². The molecule has 0 aromatic heterocycles. The molecule has 12 heteroatoms. The number of nitro benzene ring substituents is 2.